The first-order valence-electron chi connectivity index (χ1n) is 7.92. The Hall–Kier alpha value is -2.43. The lowest BCUT2D eigenvalue weighted by atomic mass is 9.85. The van der Waals surface area contributed by atoms with Gasteiger partial charge in [0.1, 0.15) is 0 Å². The first kappa shape index (κ1) is 14.2. The number of nitrogens with one attached hydrogen (secondary N) is 1. The predicted molar refractivity (Wildman–Crippen MR) is 85.7 cm³/mol. The number of hydrogen-bond acceptors (Lipinski definition) is 3. The third-order valence-electron chi connectivity index (χ3n) is 5.25. The number of anilines is 2. The summed E-state index contributed by atoms with van der Waals surface area (Å²) in [7, 11) is 0. The van der Waals surface area contributed by atoms with Crippen LogP contribution in [-0.4, -0.2) is 17.7 Å². The average molecular weight is 310 g/mol. The minimum Gasteiger partial charge on any atom is -0.326 e. The van der Waals surface area contributed by atoms with Crippen molar-refractivity contribution in [1.29, 1.82) is 0 Å². The Kier molecular flexibility index (Phi) is 2.95. The highest BCUT2D eigenvalue weighted by Crippen LogP contribution is 2.53. The summed E-state index contributed by atoms with van der Waals surface area (Å²) in [6, 6.07) is 5.26. The zero-order valence-electron chi connectivity index (χ0n) is 13.1. The van der Waals surface area contributed by atoms with Gasteiger partial charge in [-0.1, -0.05) is 12.2 Å². The number of rotatable bonds is 2. The van der Waals surface area contributed by atoms with Gasteiger partial charge in [0.15, 0.2) is 0 Å². The highest BCUT2D eigenvalue weighted by Gasteiger charge is 2.59. The molecule has 1 aliphatic heterocycles. The molecule has 1 saturated carbocycles. The van der Waals surface area contributed by atoms with Crippen LogP contribution in [0.2, 0.25) is 0 Å². The fourth-order valence-electron chi connectivity index (χ4n) is 4.27. The van der Waals surface area contributed by atoms with E-state index in [1.807, 2.05) is 6.92 Å². The van der Waals surface area contributed by atoms with Gasteiger partial charge in [-0.3, -0.25) is 19.3 Å². The molecule has 4 rings (SSSR count). The Morgan fingerprint density at radius 2 is 1.74 bits per heavy atom. The number of carbonyl (C=O) groups excluding carboxylic acids is 3. The number of benzene rings is 1. The van der Waals surface area contributed by atoms with E-state index in [4.69, 9.17) is 0 Å². The van der Waals surface area contributed by atoms with Crippen LogP contribution in [0.5, 0.6) is 0 Å². The number of amides is 3. The Morgan fingerprint density at radius 1 is 1.13 bits per heavy atom. The quantitative estimate of drug-likeness (QED) is 0.673. The Bertz CT molecular complexity index is 738. The van der Waals surface area contributed by atoms with E-state index in [9.17, 15) is 14.4 Å². The number of aryl methyl sites for hydroxylation is 1. The third-order valence-corrected chi connectivity index (χ3v) is 5.25. The van der Waals surface area contributed by atoms with Gasteiger partial charge in [0.05, 0.1) is 17.5 Å². The molecule has 1 heterocycles. The highest BCUT2D eigenvalue weighted by molar-refractivity contribution is 6.22. The van der Waals surface area contributed by atoms with Crippen LogP contribution in [0.3, 0.4) is 0 Å². The second-order valence-corrected chi connectivity index (χ2v) is 6.69. The summed E-state index contributed by atoms with van der Waals surface area (Å²) < 4.78 is 0. The molecule has 1 aromatic carbocycles. The van der Waals surface area contributed by atoms with Gasteiger partial charge in [0.2, 0.25) is 17.7 Å². The molecule has 0 radical (unpaired) electrons. The van der Waals surface area contributed by atoms with Crippen molar-refractivity contribution >= 4 is 29.1 Å². The summed E-state index contributed by atoms with van der Waals surface area (Å²) in [5.74, 6) is -0.253. The Morgan fingerprint density at radius 3 is 2.26 bits per heavy atom. The molecule has 1 saturated heterocycles. The normalized spacial score (nSPS) is 31.0. The van der Waals surface area contributed by atoms with Crippen molar-refractivity contribution in [3.63, 3.8) is 0 Å². The minimum absolute atomic E-state index is 0.0801. The number of imide groups is 1. The highest BCUT2D eigenvalue weighted by atomic mass is 16.2. The van der Waals surface area contributed by atoms with E-state index in [1.165, 1.54) is 11.8 Å². The summed E-state index contributed by atoms with van der Waals surface area (Å²) >= 11 is 0. The fraction of sp³-hybridized carbons (Fsp3) is 0.389. The van der Waals surface area contributed by atoms with Crippen LogP contribution < -0.4 is 10.2 Å². The number of carbonyl (C=O) groups is 3. The molecule has 2 fully saturated rings. The standard InChI is InChI=1S/C18H18N2O3/c1-9-7-13(5-6-14(9)19-10(2)21)20-17(22)15-11-3-4-12(8-11)16(15)18(20)23/h3-7,11-12,15-16H,8H2,1-2H3,(H,19,21)/t11-,12-,15-,16-/m0/s1. The fourth-order valence-corrected chi connectivity index (χ4v) is 4.27. The number of nitrogens with zero attached hydrogens (tertiary/aromatic N) is 1. The molecule has 2 aliphatic carbocycles. The summed E-state index contributed by atoms with van der Waals surface area (Å²) in [6.45, 7) is 3.30. The number of hydrogen-bond donors (Lipinski definition) is 1. The third kappa shape index (κ3) is 1.96. The predicted octanol–water partition coefficient (Wildman–Crippen LogP) is 2.26. The molecule has 3 amide bonds. The van der Waals surface area contributed by atoms with Crippen molar-refractivity contribution in [2.75, 3.05) is 10.2 Å². The summed E-state index contributed by atoms with van der Waals surface area (Å²) in [5, 5.41) is 2.74. The van der Waals surface area contributed by atoms with Gasteiger partial charge in [-0.2, -0.15) is 0 Å². The van der Waals surface area contributed by atoms with Gasteiger partial charge in [0, 0.05) is 12.6 Å². The number of allylic oxidation sites excluding steroid dienone is 2. The number of fused-ring (bicyclic) bond motifs is 5. The molecular formula is C18H18N2O3. The van der Waals surface area contributed by atoms with Crippen molar-refractivity contribution < 1.29 is 14.4 Å². The van der Waals surface area contributed by atoms with Gasteiger partial charge in [-0.15, -0.1) is 0 Å². The van der Waals surface area contributed by atoms with Gasteiger partial charge >= 0.3 is 0 Å². The molecule has 1 aromatic rings. The van der Waals surface area contributed by atoms with Gasteiger partial charge in [-0.05, 0) is 48.9 Å². The minimum atomic E-state index is -0.187. The molecule has 0 spiro atoms. The molecular weight excluding hydrogens is 292 g/mol. The van der Waals surface area contributed by atoms with Crippen molar-refractivity contribution in [2.45, 2.75) is 20.3 Å². The van der Waals surface area contributed by atoms with E-state index in [0.29, 0.717) is 11.4 Å². The smallest absolute Gasteiger partial charge is 0.238 e. The molecule has 23 heavy (non-hydrogen) atoms. The molecule has 5 nitrogen and oxygen atoms in total. The maximum absolute atomic E-state index is 12.8. The van der Waals surface area contributed by atoms with E-state index in [2.05, 4.69) is 17.5 Å². The lowest BCUT2D eigenvalue weighted by molar-refractivity contribution is -0.123. The second-order valence-electron chi connectivity index (χ2n) is 6.69. The topological polar surface area (TPSA) is 66.5 Å². The van der Waals surface area contributed by atoms with Gasteiger partial charge in [-0.25, -0.2) is 0 Å². The summed E-state index contributed by atoms with van der Waals surface area (Å²) in [5.41, 5.74) is 2.12. The first-order chi connectivity index (χ1) is 11.0. The molecule has 0 unspecified atom stereocenters. The second kappa shape index (κ2) is 4.78. The van der Waals surface area contributed by atoms with E-state index < -0.39 is 0 Å². The molecule has 3 aliphatic rings. The maximum Gasteiger partial charge on any atom is 0.238 e. The Labute approximate surface area is 134 Å². The first-order valence-corrected chi connectivity index (χ1v) is 7.92. The van der Waals surface area contributed by atoms with E-state index in [-0.39, 0.29) is 41.4 Å². The molecule has 1 N–H and O–H groups in total. The van der Waals surface area contributed by atoms with Crippen LogP contribution in [0, 0.1) is 30.6 Å². The zero-order valence-corrected chi connectivity index (χ0v) is 13.1. The molecule has 2 bridgehead atoms. The van der Waals surface area contributed by atoms with E-state index >= 15 is 0 Å². The molecule has 118 valence electrons. The molecule has 5 heteroatoms. The van der Waals surface area contributed by atoms with Crippen LogP contribution in [-0.2, 0) is 14.4 Å². The van der Waals surface area contributed by atoms with Gasteiger partial charge < -0.3 is 5.32 Å². The van der Waals surface area contributed by atoms with Crippen LogP contribution in [0.15, 0.2) is 30.4 Å². The van der Waals surface area contributed by atoms with Gasteiger partial charge in [0.25, 0.3) is 0 Å². The average Bonchev–Trinajstić information content (AvgIpc) is 3.15. The SMILES string of the molecule is CC(=O)Nc1ccc(N2C(=O)[C@@H]3[C@@H](C2=O)[C@H]2C=C[C@H]3C2)cc1C. The zero-order chi connectivity index (χ0) is 16.3. The Balaban J connectivity index is 1.67. The van der Waals surface area contributed by atoms with Crippen LogP contribution in [0.25, 0.3) is 0 Å². The van der Waals surface area contributed by atoms with Crippen molar-refractivity contribution in [3.05, 3.63) is 35.9 Å². The lowest BCUT2D eigenvalue weighted by Crippen LogP contribution is -2.32. The monoisotopic (exact) mass is 310 g/mol. The van der Waals surface area contributed by atoms with Crippen molar-refractivity contribution in [3.8, 4) is 0 Å². The van der Waals surface area contributed by atoms with Crippen molar-refractivity contribution in [2.24, 2.45) is 23.7 Å². The van der Waals surface area contributed by atoms with Crippen LogP contribution >= 0.6 is 0 Å². The van der Waals surface area contributed by atoms with Crippen LogP contribution in [0.1, 0.15) is 18.9 Å². The van der Waals surface area contributed by atoms with Crippen molar-refractivity contribution in [1.82, 2.24) is 0 Å². The largest absolute Gasteiger partial charge is 0.326 e. The maximum atomic E-state index is 12.8. The summed E-state index contributed by atoms with van der Waals surface area (Å²) in [4.78, 5) is 38.1. The molecule has 0 aromatic heterocycles. The lowest BCUT2D eigenvalue weighted by Gasteiger charge is -2.19. The van der Waals surface area contributed by atoms with Crippen LogP contribution in [0.4, 0.5) is 11.4 Å². The molecule has 4 atom stereocenters. The van der Waals surface area contributed by atoms with E-state index in [1.54, 1.807) is 18.2 Å². The van der Waals surface area contributed by atoms with E-state index in [0.717, 1.165) is 12.0 Å². The summed E-state index contributed by atoms with van der Waals surface area (Å²) in [6.07, 6.45) is 5.11.